The number of carbonyl (C=O) groups is 4. The van der Waals surface area contributed by atoms with Crippen LogP contribution in [0.3, 0.4) is 0 Å². The van der Waals surface area contributed by atoms with Crippen molar-refractivity contribution in [3.8, 4) is 0 Å². The molecule has 53 heavy (non-hydrogen) atoms. The molecule has 0 radical (unpaired) electrons. The summed E-state index contributed by atoms with van der Waals surface area (Å²) in [6.07, 6.45) is 0. The molecule has 1 aromatic heterocycles. The van der Waals surface area contributed by atoms with Gasteiger partial charge in [-0.05, 0) is 36.6 Å². The highest BCUT2D eigenvalue weighted by atomic mass is 32.2. The summed E-state index contributed by atoms with van der Waals surface area (Å²) in [6, 6.07) is 29.7. The van der Waals surface area contributed by atoms with Gasteiger partial charge < -0.3 is 31.3 Å². The first-order chi connectivity index (χ1) is 25.2. The van der Waals surface area contributed by atoms with Crippen molar-refractivity contribution in [2.24, 2.45) is 10.9 Å². The Bertz CT molecular complexity index is 1840. The molecule has 1 aliphatic rings. The number of thioether (sulfide) groups is 1. The number of thiazole rings is 1. The Kier molecular flexibility index (Phi) is 12.4. The van der Waals surface area contributed by atoms with Crippen LogP contribution in [0, 0.1) is 0 Å². The molecule has 4 aromatic rings. The first kappa shape index (κ1) is 39.2. The Morgan fingerprint density at radius 1 is 0.943 bits per heavy atom. The van der Waals surface area contributed by atoms with Crippen LogP contribution in [0.5, 0.6) is 0 Å². The van der Waals surface area contributed by atoms with Gasteiger partial charge in [0.2, 0.25) is 17.4 Å². The Balaban J connectivity index is 1.50. The molecule has 0 unspecified atom stereocenters. The standard InChI is InChI=1S/C38H44N6O6S2Si/c1-37(2,35(48)49-21-22-53(3,4)5)50-44-30(32(46)41-31-33(47)42-34(31)51-24-29(39)45)28-23-52-36(40-28)43-38(25-15-9-6-10-16-25,26-17-11-7-12-18-26)27-19-13-8-14-20-27/h6-20,23,31,34H,21-22,24H2,1-5H3,(H2,39,45)(H,40,43)(H,41,46)(H,42,47)/t31-,34-/m1/s1. The SMILES string of the molecule is CC(C)(ON=C(C(=O)N[C@@H]1C(=O)N[C@@H]1SCC(N)=O)c1csc(NC(c2ccccc2)(c2ccccc2)c2ccccc2)n1)C(=O)OCC[Si](C)(C)C. The number of β-lactam (4-membered cyclic amide) rings is 1. The summed E-state index contributed by atoms with van der Waals surface area (Å²) in [4.78, 5) is 61.5. The van der Waals surface area contributed by atoms with E-state index in [1.54, 1.807) is 5.38 Å². The first-order valence-electron chi connectivity index (χ1n) is 17.0. The molecule has 1 saturated heterocycles. The number of ether oxygens (including phenoxy) is 1. The molecule has 1 aliphatic heterocycles. The fourth-order valence-corrected chi connectivity index (χ4v) is 7.81. The summed E-state index contributed by atoms with van der Waals surface area (Å²) < 4.78 is 5.52. The van der Waals surface area contributed by atoms with Crippen LogP contribution in [-0.4, -0.2) is 71.8 Å². The average molecular weight is 773 g/mol. The second-order valence-corrected chi connectivity index (χ2v) is 21.8. The summed E-state index contributed by atoms with van der Waals surface area (Å²) in [7, 11) is -1.47. The Morgan fingerprint density at radius 3 is 1.98 bits per heavy atom. The highest BCUT2D eigenvalue weighted by molar-refractivity contribution is 8.00. The van der Waals surface area contributed by atoms with Crippen molar-refractivity contribution < 1.29 is 28.8 Å². The van der Waals surface area contributed by atoms with Gasteiger partial charge in [-0.2, -0.15) is 0 Å². The maximum atomic E-state index is 13.9. The van der Waals surface area contributed by atoms with Crippen LogP contribution in [0.15, 0.2) is 102 Å². The molecule has 2 atom stereocenters. The van der Waals surface area contributed by atoms with Gasteiger partial charge in [0.15, 0.2) is 10.8 Å². The van der Waals surface area contributed by atoms with Crippen LogP contribution in [0.2, 0.25) is 25.7 Å². The minimum absolute atomic E-state index is 0.0531. The number of nitrogens with two attached hydrogens (primary N) is 1. The molecule has 5 N–H and O–H groups in total. The summed E-state index contributed by atoms with van der Waals surface area (Å²) >= 11 is 2.34. The van der Waals surface area contributed by atoms with E-state index >= 15 is 0 Å². The molecule has 1 fully saturated rings. The number of anilines is 1. The number of oxime groups is 1. The molecule has 3 amide bonds. The van der Waals surface area contributed by atoms with Crippen LogP contribution in [0.4, 0.5) is 5.13 Å². The highest BCUT2D eigenvalue weighted by Crippen LogP contribution is 2.40. The Hall–Kier alpha value is -4.99. The molecule has 3 aromatic carbocycles. The molecule has 0 bridgehead atoms. The number of aromatic nitrogens is 1. The molecule has 2 heterocycles. The normalized spacial score (nSPS) is 16.2. The van der Waals surface area contributed by atoms with Gasteiger partial charge in [-0.25, -0.2) is 9.78 Å². The molecular formula is C38H44N6O6S2Si. The number of nitrogens with zero attached hydrogens (tertiary/aromatic N) is 2. The second kappa shape index (κ2) is 16.8. The summed E-state index contributed by atoms with van der Waals surface area (Å²) in [5.74, 6) is -2.46. The van der Waals surface area contributed by atoms with Crippen molar-refractivity contribution >= 4 is 65.7 Å². The van der Waals surface area contributed by atoms with Gasteiger partial charge in [-0.1, -0.05) is 116 Å². The van der Waals surface area contributed by atoms with Gasteiger partial charge in [-0.3, -0.25) is 14.4 Å². The first-order valence-corrected chi connectivity index (χ1v) is 22.7. The lowest BCUT2D eigenvalue weighted by Crippen LogP contribution is -2.68. The van der Waals surface area contributed by atoms with E-state index < -0.39 is 54.3 Å². The summed E-state index contributed by atoms with van der Waals surface area (Å²) in [5, 5.41) is 14.7. The van der Waals surface area contributed by atoms with Crippen molar-refractivity contribution in [3.05, 3.63) is 119 Å². The van der Waals surface area contributed by atoms with Crippen molar-refractivity contribution in [1.82, 2.24) is 15.6 Å². The van der Waals surface area contributed by atoms with E-state index in [4.69, 9.17) is 20.3 Å². The van der Waals surface area contributed by atoms with Gasteiger partial charge in [0, 0.05) is 13.5 Å². The van der Waals surface area contributed by atoms with Crippen molar-refractivity contribution in [1.29, 1.82) is 0 Å². The molecule has 0 spiro atoms. The number of carbonyl (C=O) groups excluding carboxylic acids is 4. The maximum absolute atomic E-state index is 13.9. The highest BCUT2D eigenvalue weighted by Gasteiger charge is 2.43. The number of benzene rings is 3. The summed E-state index contributed by atoms with van der Waals surface area (Å²) in [5.41, 5.74) is 5.58. The van der Waals surface area contributed by atoms with E-state index in [1.807, 2.05) is 91.0 Å². The van der Waals surface area contributed by atoms with Gasteiger partial charge in [0.1, 0.15) is 22.6 Å². The third-order valence-electron chi connectivity index (χ3n) is 8.38. The van der Waals surface area contributed by atoms with Crippen molar-refractivity contribution in [3.63, 3.8) is 0 Å². The molecule has 12 nitrogen and oxygen atoms in total. The minimum Gasteiger partial charge on any atom is -0.463 e. The van der Waals surface area contributed by atoms with E-state index in [0.717, 1.165) is 34.5 Å². The average Bonchev–Trinajstić information content (AvgIpc) is 3.59. The molecule has 5 rings (SSSR count). The number of rotatable bonds is 17. The van der Waals surface area contributed by atoms with Gasteiger partial charge in [0.25, 0.3) is 5.91 Å². The molecule has 15 heteroatoms. The molecule has 0 aliphatic carbocycles. The van der Waals surface area contributed by atoms with Gasteiger partial charge >= 0.3 is 5.97 Å². The quantitative estimate of drug-likeness (QED) is 0.0285. The zero-order valence-electron chi connectivity index (χ0n) is 30.3. The predicted octanol–water partition coefficient (Wildman–Crippen LogP) is 5.09. The minimum atomic E-state index is -1.56. The number of hydrogen-bond acceptors (Lipinski definition) is 11. The predicted molar refractivity (Wildman–Crippen MR) is 211 cm³/mol. The van der Waals surface area contributed by atoms with Crippen molar-refractivity contribution in [2.45, 2.75) is 62.1 Å². The van der Waals surface area contributed by atoms with Crippen LogP contribution < -0.4 is 21.7 Å². The topological polar surface area (TPSA) is 174 Å². The van der Waals surface area contributed by atoms with Gasteiger partial charge in [-0.15, -0.1) is 23.1 Å². The van der Waals surface area contributed by atoms with Crippen LogP contribution in [0.25, 0.3) is 0 Å². The van der Waals surface area contributed by atoms with Crippen LogP contribution in [0.1, 0.15) is 36.2 Å². The number of hydrogen-bond donors (Lipinski definition) is 4. The zero-order chi connectivity index (χ0) is 38.2. The van der Waals surface area contributed by atoms with E-state index in [0.29, 0.717) is 5.13 Å². The number of amides is 3. The lowest BCUT2D eigenvalue weighted by molar-refractivity contribution is -0.167. The van der Waals surface area contributed by atoms with E-state index in [9.17, 15) is 19.2 Å². The third-order valence-corrected chi connectivity index (χ3v) is 12.0. The lowest BCUT2D eigenvalue weighted by atomic mass is 9.77. The number of esters is 1. The van der Waals surface area contributed by atoms with Crippen LogP contribution in [-0.2, 0) is 34.3 Å². The number of nitrogens with one attached hydrogen (secondary N) is 3. The third kappa shape index (κ3) is 9.71. The Morgan fingerprint density at radius 2 is 1.49 bits per heavy atom. The van der Waals surface area contributed by atoms with E-state index in [2.05, 4.69) is 40.7 Å². The monoisotopic (exact) mass is 772 g/mol. The molecule has 278 valence electrons. The van der Waals surface area contributed by atoms with E-state index in [-0.39, 0.29) is 23.8 Å². The zero-order valence-corrected chi connectivity index (χ0v) is 32.9. The fourth-order valence-electron chi connectivity index (χ4n) is 5.42. The number of primary amides is 1. The smallest absolute Gasteiger partial charge is 0.352 e. The Labute approximate surface area is 318 Å². The second-order valence-electron chi connectivity index (χ2n) is 14.2. The van der Waals surface area contributed by atoms with Crippen molar-refractivity contribution in [2.75, 3.05) is 17.7 Å². The summed E-state index contributed by atoms with van der Waals surface area (Å²) in [6.45, 7) is 9.78. The van der Waals surface area contributed by atoms with Gasteiger partial charge in [0.05, 0.1) is 12.4 Å². The maximum Gasteiger partial charge on any atom is 0.352 e. The lowest BCUT2D eigenvalue weighted by Gasteiger charge is -2.36. The fraction of sp³-hybridized carbons (Fsp3) is 0.316. The van der Waals surface area contributed by atoms with Crippen LogP contribution >= 0.6 is 23.1 Å². The molecular weight excluding hydrogens is 729 g/mol. The van der Waals surface area contributed by atoms with E-state index in [1.165, 1.54) is 25.2 Å². The largest absolute Gasteiger partial charge is 0.463 e. The molecule has 0 saturated carbocycles.